The summed E-state index contributed by atoms with van der Waals surface area (Å²) < 4.78 is 50.7. The van der Waals surface area contributed by atoms with Crippen molar-refractivity contribution in [2.24, 2.45) is 0 Å². The van der Waals surface area contributed by atoms with Gasteiger partial charge in [0.15, 0.2) is 0 Å². The first-order chi connectivity index (χ1) is 11.6. The fourth-order valence-electron chi connectivity index (χ4n) is 3.34. The van der Waals surface area contributed by atoms with Gasteiger partial charge in [-0.1, -0.05) is 0 Å². The molecule has 0 atom stereocenters. The van der Waals surface area contributed by atoms with E-state index in [0.29, 0.717) is 36.4 Å². The molecule has 0 spiro atoms. The van der Waals surface area contributed by atoms with Crippen LogP contribution >= 0.6 is 0 Å². The maximum Gasteiger partial charge on any atom is 0.416 e. The zero-order valence-corrected chi connectivity index (χ0v) is 14.4. The monoisotopic (exact) mass is 355 g/mol. The second-order valence-corrected chi connectivity index (χ2v) is 6.73. The van der Waals surface area contributed by atoms with E-state index in [9.17, 15) is 18.0 Å². The third-order valence-corrected chi connectivity index (χ3v) is 4.57. The van der Waals surface area contributed by atoms with E-state index in [-0.39, 0.29) is 18.1 Å². The van der Waals surface area contributed by atoms with Gasteiger partial charge in [-0.05, 0) is 38.5 Å². The van der Waals surface area contributed by atoms with Crippen LogP contribution in [0.5, 0.6) is 5.75 Å². The lowest BCUT2D eigenvalue weighted by Gasteiger charge is -2.39. The molecule has 0 radical (unpaired) electrons. The van der Waals surface area contributed by atoms with Crippen molar-refractivity contribution in [3.63, 3.8) is 0 Å². The minimum absolute atomic E-state index is 0.0929. The highest BCUT2D eigenvalue weighted by Crippen LogP contribution is 2.45. The number of fused-ring (bicyclic) bond motifs is 1. The number of likely N-dealkylation sites (tertiary alicyclic amines) is 1. The molecule has 2 aliphatic rings. The first-order valence-electron chi connectivity index (χ1n) is 8.08. The number of rotatable bonds is 3. The van der Waals surface area contributed by atoms with Crippen LogP contribution in [0.1, 0.15) is 37.8 Å². The van der Waals surface area contributed by atoms with Gasteiger partial charge in [-0.15, -0.1) is 0 Å². The van der Waals surface area contributed by atoms with E-state index in [1.807, 2.05) is 13.8 Å². The molecular weight excluding hydrogens is 335 g/mol. The molecule has 7 heteroatoms. The maximum atomic E-state index is 13.2. The second-order valence-electron chi connectivity index (χ2n) is 6.73. The molecule has 136 valence electrons. The number of hydrogen-bond acceptors (Lipinski definition) is 3. The van der Waals surface area contributed by atoms with Gasteiger partial charge in [0.2, 0.25) is 5.91 Å². The molecule has 1 amide bonds. The van der Waals surface area contributed by atoms with E-state index in [1.54, 1.807) is 4.90 Å². The van der Waals surface area contributed by atoms with Gasteiger partial charge in [-0.3, -0.25) is 4.79 Å². The molecule has 1 aromatic rings. The Hall–Kier alpha value is -2.02. The van der Waals surface area contributed by atoms with Crippen LogP contribution in [0.25, 0.3) is 5.70 Å². The van der Waals surface area contributed by atoms with E-state index >= 15 is 0 Å². The number of amides is 1. The van der Waals surface area contributed by atoms with Crippen LogP contribution in [0.4, 0.5) is 13.2 Å². The Balaban J connectivity index is 2.24. The van der Waals surface area contributed by atoms with Crippen LogP contribution in [0, 0.1) is 0 Å². The van der Waals surface area contributed by atoms with E-state index in [0.717, 1.165) is 12.1 Å². The van der Waals surface area contributed by atoms with Crippen LogP contribution in [-0.2, 0) is 15.7 Å². The van der Waals surface area contributed by atoms with Crippen LogP contribution in [-0.4, -0.2) is 36.7 Å². The normalized spacial score (nSPS) is 19.9. The molecular formula is C18H20F3NO3. The number of carbonyl (C=O) groups excluding carboxylic acids is 1. The summed E-state index contributed by atoms with van der Waals surface area (Å²) in [6, 6.07) is 3.38. The van der Waals surface area contributed by atoms with Gasteiger partial charge in [-0.2, -0.15) is 13.2 Å². The highest BCUT2D eigenvalue weighted by atomic mass is 19.4. The summed E-state index contributed by atoms with van der Waals surface area (Å²) >= 11 is 0. The highest BCUT2D eigenvalue weighted by Gasteiger charge is 2.41. The van der Waals surface area contributed by atoms with Gasteiger partial charge in [0.1, 0.15) is 11.4 Å². The molecule has 0 bridgehead atoms. The Morgan fingerprint density at radius 2 is 2.04 bits per heavy atom. The average Bonchev–Trinajstić information content (AvgIpc) is 2.92. The topological polar surface area (TPSA) is 38.8 Å². The molecule has 1 fully saturated rings. The lowest BCUT2D eigenvalue weighted by molar-refractivity contribution is -0.137. The largest absolute Gasteiger partial charge is 0.483 e. The van der Waals surface area contributed by atoms with Crippen LogP contribution < -0.4 is 4.74 Å². The smallest absolute Gasteiger partial charge is 0.416 e. The summed E-state index contributed by atoms with van der Waals surface area (Å²) in [5.74, 6) is 0.247. The number of methoxy groups -OCH3 is 1. The van der Waals surface area contributed by atoms with E-state index in [2.05, 4.69) is 0 Å². The Morgan fingerprint density at radius 1 is 1.32 bits per heavy atom. The van der Waals surface area contributed by atoms with Crippen LogP contribution in [0.2, 0.25) is 0 Å². The molecule has 2 heterocycles. The number of ether oxygens (including phenoxy) is 2. The zero-order valence-electron chi connectivity index (χ0n) is 14.4. The summed E-state index contributed by atoms with van der Waals surface area (Å²) in [5, 5.41) is 0. The van der Waals surface area contributed by atoms with Crippen molar-refractivity contribution >= 4 is 11.6 Å². The maximum absolute atomic E-state index is 13.2. The average molecular weight is 355 g/mol. The van der Waals surface area contributed by atoms with Crippen molar-refractivity contribution in [3.05, 3.63) is 34.9 Å². The lowest BCUT2D eigenvalue weighted by Crippen LogP contribution is -2.40. The zero-order chi connectivity index (χ0) is 18.4. The Morgan fingerprint density at radius 3 is 2.60 bits per heavy atom. The first kappa shape index (κ1) is 17.8. The summed E-state index contributed by atoms with van der Waals surface area (Å²) in [5.41, 5.74) is -0.119. The van der Waals surface area contributed by atoms with Gasteiger partial charge in [0, 0.05) is 31.2 Å². The number of nitrogens with zero attached hydrogens (tertiary/aromatic N) is 1. The molecule has 25 heavy (non-hydrogen) atoms. The van der Waals surface area contributed by atoms with E-state index < -0.39 is 17.3 Å². The minimum atomic E-state index is -4.47. The van der Waals surface area contributed by atoms with Crippen LogP contribution in [0.3, 0.4) is 0 Å². The standard InChI is InChI=1S/C18H20F3NO3/c1-17(2)13(10-24-3)16(22-8-4-5-15(22)23)12-9-11(18(19,20)21)6-7-14(12)25-17/h6-7,9H,4-5,8,10H2,1-3H3. The SMILES string of the molecule is COCC1=C(N2CCCC2=O)c2cc(C(F)(F)F)ccc2OC1(C)C. The lowest BCUT2D eigenvalue weighted by atomic mass is 9.88. The van der Waals surface area contributed by atoms with Crippen molar-refractivity contribution in [2.75, 3.05) is 20.3 Å². The number of halogens is 3. The first-order valence-corrected chi connectivity index (χ1v) is 8.08. The number of hydrogen-bond donors (Lipinski definition) is 0. The Kier molecular flexibility index (Phi) is 4.31. The molecule has 0 N–H and O–H groups in total. The van der Waals surface area contributed by atoms with Gasteiger partial charge in [0.05, 0.1) is 17.9 Å². The summed E-state index contributed by atoms with van der Waals surface area (Å²) in [4.78, 5) is 13.9. The fourth-order valence-corrected chi connectivity index (χ4v) is 3.34. The fraction of sp³-hybridized carbons (Fsp3) is 0.500. The van der Waals surface area contributed by atoms with Crippen molar-refractivity contribution in [3.8, 4) is 5.75 Å². The Labute approximate surface area is 144 Å². The molecule has 0 aromatic heterocycles. The molecule has 2 aliphatic heterocycles. The number of benzene rings is 1. The van der Waals surface area contributed by atoms with E-state index in [1.165, 1.54) is 13.2 Å². The quantitative estimate of drug-likeness (QED) is 0.827. The van der Waals surface area contributed by atoms with Crippen molar-refractivity contribution in [2.45, 2.75) is 38.5 Å². The van der Waals surface area contributed by atoms with Gasteiger partial charge in [-0.25, -0.2) is 0 Å². The number of alkyl halides is 3. The molecule has 0 unspecified atom stereocenters. The third kappa shape index (κ3) is 3.13. The van der Waals surface area contributed by atoms with Crippen molar-refractivity contribution < 1.29 is 27.4 Å². The predicted octanol–water partition coefficient (Wildman–Crippen LogP) is 3.86. The molecule has 3 rings (SSSR count). The van der Waals surface area contributed by atoms with Gasteiger partial charge in [0.25, 0.3) is 0 Å². The molecule has 4 nitrogen and oxygen atoms in total. The Bertz CT molecular complexity index is 738. The summed E-state index contributed by atoms with van der Waals surface area (Å²) in [6.07, 6.45) is -3.40. The minimum Gasteiger partial charge on any atom is -0.483 e. The third-order valence-electron chi connectivity index (χ3n) is 4.57. The second kappa shape index (κ2) is 6.05. The number of carbonyl (C=O) groups is 1. The van der Waals surface area contributed by atoms with Crippen molar-refractivity contribution in [1.29, 1.82) is 0 Å². The van der Waals surface area contributed by atoms with E-state index in [4.69, 9.17) is 9.47 Å². The predicted molar refractivity (Wildman–Crippen MR) is 85.9 cm³/mol. The summed E-state index contributed by atoms with van der Waals surface area (Å²) in [7, 11) is 1.51. The van der Waals surface area contributed by atoms with Crippen LogP contribution in [0.15, 0.2) is 23.8 Å². The molecule has 0 saturated carbocycles. The van der Waals surface area contributed by atoms with Crippen molar-refractivity contribution in [1.82, 2.24) is 4.90 Å². The summed E-state index contributed by atoms with van der Waals surface area (Å²) in [6.45, 7) is 4.29. The highest BCUT2D eigenvalue weighted by molar-refractivity contribution is 5.91. The van der Waals surface area contributed by atoms with Gasteiger partial charge >= 0.3 is 6.18 Å². The molecule has 0 aliphatic carbocycles. The van der Waals surface area contributed by atoms with Gasteiger partial charge < -0.3 is 14.4 Å². The molecule has 1 saturated heterocycles. The molecule has 1 aromatic carbocycles.